The first-order valence-corrected chi connectivity index (χ1v) is 8.55. The summed E-state index contributed by atoms with van der Waals surface area (Å²) in [6.45, 7) is 0. The van der Waals surface area contributed by atoms with Gasteiger partial charge in [0.05, 0.1) is 8.61 Å². The van der Waals surface area contributed by atoms with Crippen LogP contribution in [0, 0.1) is 17.8 Å². The SMILES string of the molecule is Brc1cc(C(Br)C2CC3CC3C2)sc1Br. The lowest BCUT2D eigenvalue weighted by molar-refractivity contribution is 0.485. The summed E-state index contributed by atoms with van der Waals surface area (Å²) >= 11 is 12.8. The van der Waals surface area contributed by atoms with Gasteiger partial charge in [-0.15, -0.1) is 11.3 Å². The Hall–Kier alpha value is 1.14. The molecule has 1 aromatic heterocycles. The zero-order valence-electron chi connectivity index (χ0n) is 8.05. The molecule has 0 spiro atoms. The van der Waals surface area contributed by atoms with Crippen LogP contribution in [0.15, 0.2) is 14.3 Å². The van der Waals surface area contributed by atoms with Gasteiger partial charge in [-0.05, 0) is 74.9 Å². The van der Waals surface area contributed by atoms with Crippen molar-refractivity contribution in [3.05, 3.63) is 19.2 Å². The van der Waals surface area contributed by atoms with Gasteiger partial charge in [0, 0.05) is 9.35 Å². The predicted octanol–water partition coefficient (Wildman–Crippen LogP) is 5.76. The number of fused-ring (bicyclic) bond motifs is 1. The van der Waals surface area contributed by atoms with E-state index in [1.807, 2.05) is 11.3 Å². The molecule has 0 N–H and O–H groups in total. The number of alkyl halides is 1. The van der Waals surface area contributed by atoms with Crippen molar-refractivity contribution in [2.24, 2.45) is 17.8 Å². The van der Waals surface area contributed by atoms with Gasteiger partial charge >= 0.3 is 0 Å². The molecule has 0 bridgehead atoms. The average molecular weight is 415 g/mol. The van der Waals surface area contributed by atoms with Crippen LogP contribution in [0.5, 0.6) is 0 Å². The summed E-state index contributed by atoms with van der Waals surface area (Å²) in [5.41, 5.74) is 0. The summed E-state index contributed by atoms with van der Waals surface area (Å²) in [6.07, 6.45) is 4.38. The number of hydrogen-bond donors (Lipinski definition) is 0. The highest BCUT2D eigenvalue weighted by atomic mass is 79.9. The molecule has 2 aliphatic carbocycles. The Morgan fingerprint density at radius 2 is 1.87 bits per heavy atom. The largest absolute Gasteiger partial charge is 0.131 e. The van der Waals surface area contributed by atoms with Gasteiger partial charge in [0.15, 0.2) is 0 Å². The van der Waals surface area contributed by atoms with Crippen molar-refractivity contribution < 1.29 is 0 Å². The lowest BCUT2D eigenvalue weighted by atomic mass is 9.99. The number of rotatable bonds is 2. The smallest absolute Gasteiger partial charge is 0.0843 e. The third-order valence-corrected chi connectivity index (χ3v) is 8.51. The van der Waals surface area contributed by atoms with Crippen molar-refractivity contribution >= 4 is 59.1 Å². The molecule has 2 fully saturated rings. The molecular formula is C11H11Br3S. The monoisotopic (exact) mass is 412 g/mol. The van der Waals surface area contributed by atoms with E-state index in [4.69, 9.17) is 0 Å². The predicted molar refractivity (Wildman–Crippen MR) is 75.7 cm³/mol. The van der Waals surface area contributed by atoms with Gasteiger partial charge in [-0.1, -0.05) is 15.9 Å². The van der Waals surface area contributed by atoms with Crippen molar-refractivity contribution in [2.45, 2.75) is 24.1 Å². The second-order valence-electron chi connectivity index (χ2n) is 4.66. The van der Waals surface area contributed by atoms with E-state index < -0.39 is 0 Å². The van der Waals surface area contributed by atoms with Gasteiger partial charge in [0.1, 0.15) is 0 Å². The van der Waals surface area contributed by atoms with E-state index in [0.717, 1.165) is 17.8 Å². The molecule has 0 amide bonds. The lowest BCUT2D eigenvalue weighted by Crippen LogP contribution is -2.03. The number of halogens is 3. The minimum Gasteiger partial charge on any atom is -0.131 e. The Bertz CT molecular complexity index is 358. The summed E-state index contributed by atoms with van der Waals surface area (Å²) in [6, 6.07) is 2.25. The minimum atomic E-state index is 0.567. The van der Waals surface area contributed by atoms with Crippen LogP contribution in [-0.2, 0) is 0 Å². The molecule has 0 saturated heterocycles. The van der Waals surface area contributed by atoms with Crippen LogP contribution < -0.4 is 0 Å². The highest BCUT2D eigenvalue weighted by Crippen LogP contribution is 2.59. The lowest BCUT2D eigenvalue weighted by Gasteiger charge is -2.17. The first-order chi connectivity index (χ1) is 7.15. The van der Waals surface area contributed by atoms with Crippen molar-refractivity contribution in [1.82, 2.24) is 0 Å². The molecule has 4 heteroatoms. The second-order valence-corrected chi connectivity index (χ2v) is 8.90. The molecule has 3 rings (SSSR count). The molecular weight excluding hydrogens is 404 g/mol. The van der Waals surface area contributed by atoms with Crippen LogP contribution in [0.1, 0.15) is 29.0 Å². The van der Waals surface area contributed by atoms with Gasteiger partial charge in [0.25, 0.3) is 0 Å². The maximum absolute atomic E-state index is 3.88. The highest BCUT2D eigenvalue weighted by Gasteiger charge is 2.47. The number of thiophene rings is 1. The first kappa shape index (κ1) is 11.2. The van der Waals surface area contributed by atoms with Crippen molar-refractivity contribution in [2.75, 3.05) is 0 Å². The Morgan fingerprint density at radius 3 is 2.40 bits per heavy atom. The summed E-state index contributed by atoms with van der Waals surface area (Å²) in [7, 11) is 0. The van der Waals surface area contributed by atoms with Gasteiger partial charge in [-0.2, -0.15) is 0 Å². The first-order valence-electron chi connectivity index (χ1n) is 5.24. The molecule has 0 aromatic carbocycles. The topological polar surface area (TPSA) is 0 Å². The maximum atomic E-state index is 3.88. The van der Waals surface area contributed by atoms with Crippen molar-refractivity contribution in [1.29, 1.82) is 0 Å². The minimum absolute atomic E-state index is 0.567. The Morgan fingerprint density at radius 1 is 1.20 bits per heavy atom. The van der Waals surface area contributed by atoms with E-state index in [1.54, 1.807) is 0 Å². The summed E-state index contributed by atoms with van der Waals surface area (Å²) in [5.74, 6) is 3.01. The van der Waals surface area contributed by atoms with E-state index in [0.29, 0.717) is 4.83 Å². The van der Waals surface area contributed by atoms with Crippen LogP contribution in [0.25, 0.3) is 0 Å². The van der Waals surface area contributed by atoms with Gasteiger partial charge in [-0.25, -0.2) is 0 Å². The normalized spacial score (nSPS) is 35.3. The highest BCUT2D eigenvalue weighted by molar-refractivity contribution is 9.13. The van der Waals surface area contributed by atoms with Crippen LogP contribution in [0.4, 0.5) is 0 Å². The van der Waals surface area contributed by atoms with Crippen LogP contribution in [0.3, 0.4) is 0 Å². The number of hydrogen-bond acceptors (Lipinski definition) is 1. The van der Waals surface area contributed by atoms with E-state index >= 15 is 0 Å². The van der Waals surface area contributed by atoms with Crippen molar-refractivity contribution in [3.8, 4) is 0 Å². The Labute approximate surface area is 119 Å². The quantitative estimate of drug-likeness (QED) is 0.540. The summed E-state index contributed by atoms with van der Waals surface area (Å²) < 4.78 is 2.40. The van der Waals surface area contributed by atoms with Crippen LogP contribution in [-0.4, -0.2) is 0 Å². The molecule has 1 aromatic rings. The summed E-state index contributed by atoms with van der Waals surface area (Å²) in [5, 5.41) is 0. The Kier molecular flexibility index (Phi) is 3.08. The average Bonchev–Trinajstić information content (AvgIpc) is 2.66. The maximum Gasteiger partial charge on any atom is 0.0843 e. The van der Waals surface area contributed by atoms with Gasteiger partial charge in [-0.3, -0.25) is 0 Å². The van der Waals surface area contributed by atoms with E-state index in [1.165, 1.54) is 32.4 Å². The molecule has 82 valence electrons. The van der Waals surface area contributed by atoms with E-state index in [9.17, 15) is 0 Å². The van der Waals surface area contributed by atoms with Gasteiger partial charge in [0.2, 0.25) is 0 Å². The van der Waals surface area contributed by atoms with E-state index in [2.05, 4.69) is 53.9 Å². The van der Waals surface area contributed by atoms with E-state index in [-0.39, 0.29) is 0 Å². The Balaban J connectivity index is 1.76. The molecule has 3 unspecified atom stereocenters. The zero-order valence-corrected chi connectivity index (χ0v) is 13.6. The standard InChI is InChI=1S/C11H11Br3S/c12-8-4-9(15-11(8)14)10(13)7-2-5-1-6(5)3-7/h4-7,10H,1-3H2. The third-order valence-electron chi connectivity index (χ3n) is 3.63. The fourth-order valence-corrected chi connectivity index (χ4v) is 5.74. The van der Waals surface area contributed by atoms with Crippen LogP contribution >= 0.6 is 59.1 Å². The molecule has 1 heterocycles. The fraction of sp³-hybridized carbons (Fsp3) is 0.636. The molecule has 15 heavy (non-hydrogen) atoms. The second kappa shape index (κ2) is 4.11. The molecule has 0 nitrogen and oxygen atoms in total. The van der Waals surface area contributed by atoms with Crippen LogP contribution in [0.2, 0.25) is 0 Å². The zero-order chi connectivity index (χ0) is 10.6. The molecule has 0 aliphatic heterocycles. The van der Waals surface area contributed by atoms with Crippen molar-refractivity contribution in [3.63, 3.8) is 0 Å². The molecule has 0 radical (unpaired) electrons. The van der Waals surface area contributed by atoms with Gasteiger partial charge < -0.3 is 0 Å². The molecule has 2 saturated carbocycles. The fourth-order valence-electron chi connectivity index (χ4n) is 2.73. The molecule has 2 aliphatic rings. The summed E-state index contributed by atoms with van der Waals surface area (Å²) in [4.78, 5) is 2.03. The molecule has 3 atom stereocenters. The third kappa shape index (κ3) is 2.12.